The van der Waals surface area contributed by atoms with E-state index >= 15 is 0 Å². The van der Waals surface area contributed by atoms with Crippen LogP contribution in [0.4, 0.5) is 0 Å². The van der Waals surface area contributed by atoms with Gasteiger partial charge in [-0.25, -0.2) is 0 Å². The molecule has 0 saturated carbocycles. The van der Waals surface area contributed by atoms with E-state index in [2.05, 4.69) is 13.8 Å². The summed E-state index contributed by atoms with van der Waals surface area (Å²) in [6.45, 7) is 5.98. The third-order valence-electron chi connectivity index (χ3n) is 7.75. The van der Waals surface area contributed by atoms with Crippen molar-refractivity contribution in [2.45, 2.75) is 186 Å². The first-order chi connectivity index (χ1) is 21.3. The summed E-state index contributed by atoms with van der Waals surface area (Å²) >= 11 is 0. The van der Waals surface area contributed by atoms with Crippen LogP contribution in [0.3, 0.4) is 0 Å². The van der Waals surface area contributed by atoms with Gasteiger partial charge in [0, 0.05) is 6.42 Å². The maximum absolute atomic E-state index is 12.0. The molecule has 0 amide bonds. The van der Waals surface area contributed by atoms with Crippen molar-refractivity contribution >= 4 is 17.9 Å². The third-order valence-corrected chi connectivity index (χ3v) is 7.75. The van der Waals surface area contributed by atoms with Crippen molar-refractivity contribution in [2.75, 3.05) is 19.8 Å². The molecule has 0 fully saturated rings. The number of nitrogens with two attached hydrogens (primary N) is 3. The van der Waals surface area contributed by atoms with Gasteiger partial charge in [-0.15, -0.1) is 0 Å². The van der Waals surface area contributed by atoms with E-state index in [4.69, 9.17) is 31.8 Å². The molecule has 0 aliphatic rings. The van der Waals surface area contributed by atoms with Crippen LogP contribution < -0.4 is 46.8 Å². The maximum Gasteiger partial charge on any atom is 1.00 e. The molecule has 0 radical (unpaired) electrons. The van der Waals surface area contributed by atoms with E-state index in [1.54, 1.807) is 0 Å². The summed E-state index contributed by atoms with van der Waals surface area (Å²) in [6.07, 6.45) is 27.6. The fourth-order valence-electron chi connectivity index (χ4n) is 4.74. The monoisotopic (exact) mass is 654 g/mol. The molecule has 0 aromatic rings. The van der Waals surface area contributed by atoms with Gasteiger partial charge in [-0.2, -0.15) is 0 Å². The van der Waals surface area contributed by atoms with Crippen LogP contribution in [0, 0.1) is 0 Å². The molecule has 7 N–H and O–H groups in total. The fraction of sp³-hybridized carbons (Fsp3) is 0.914. The van der Waals surface area contributed by atoms with Crippen LogP contribution in [-0.4, -0.2) is 54.9 Å². The minimum Gasteiger partial charge on any atom is -1.00 e. The molecule has 45 heavy (non-hydrogen) atoms. The number of esters is 2. The Morgan fingerprint density at radius 1 is 0.578 bits per heavy atom. The average molecular weight is 654 g/mol. The number of carboxylic acids is 1. The van der Waals surface area contributed by atoms with Crippen LogP contribution in [0.15, 0.2) is 0 Å². The predicted molar refractivity (Wildman–Crippen MR) is 182 cm³/mol. The van der Waals surface area contributed by atoms with Gasteiger partial charge in [0.25, 0.3) is 0 Å². The number of ether oxygens (including phenoxy) is 2. The van der Waals surface area contributed by atoms with Crippen LogP contribution in [0.5, 0.6) is 0 Å². The number of hydrogen-bond donors (Lipinski definition) is 4. The van der Waals surface area contributed by atoms with E-state index in [9.17, 15) is 14.4 Å². The molecule has 0 aromatic carbocycles. The van der Waals surface area contributed by atoms with E-state index in [0.29, 0.717) is 26.2 Å². The van der Waals surface area contributed by atoms with Gasteiger partial charge in [-0.1, -0.05) is 136 Å². The summed E-state index contributed by atoms with van der Waals surface area (Å²) < 4.78 is 10.5. The standard InChI is InChI=1S/C29H57NO4.C6H14N2O2.Na.H/c1-3-5-7-9-11-13-15-17-19-21-25-33-28(31)24-23-27(30)29(32)34-26-22-20-18-16-14-12-10-8-6-4-2;7-4-2-1-3-5(8)6(9)10;;/h27H,3-26,30H2,1-2H3;5H,1-4,7-8H2,(H,9,10);;/q;;+1;-1/t27-;5-;;/m00../s1. The normalized spacial score (nSPS) is 11.9. The third kappa shape index (κ3) is 39.4. The second-order valence-corrected chi connectivity index (χ2v) is 12.1. The van der Waals surface area contributed by atoms with Gasteiger partial charge in [0.05, 0.1) is 13.2 Å². The average Bonchev–Trinajstić information content (AvgIpc) is 3.01. The minimum absolute atomic E-state index is 0. The Bertz CT molecular complexity index is 664. The van der Waals surface area contributed by atoms with Gasteiger partial charge in [-0.05, 0) is 38.6 Å². The quantitative estimate of drug-likeness (QED) is 0.0472. The number of aliphatic carboxylic acids is 1. The molecule has 0 bridgehead atoms. The molecule has 0 saturated heterocycles. The van der Waals surface area contributed by atoms with Crippen molar-refractivity contribution in [3.63, 3.8) is 0 Å². The number of rotatable bonds is 31. The van der Waals surface area contributed by atoms with Gasteiger partial charge < -0.3 is 33.2 Å². The van der Waals surface area contributed by atoms with Gasteiger partial charge in [0.2, 0.25) is 0 Å². The second kappa shape index (κ2) is 39.5. The Kier molecular flexibility index (Phi) is 42.7. The van der Waals surface area contributed by atoms with E-state index in [1.807, 2.05) is 0 Å². The van der Waals surface area contributed by atoms with Gasteiger partial charge >= 0.3 is 47.5 Å². The van der Waals surface area contributed by atoms with Crippen LogP contribution in [0.1, 0.15) is 176 Å². The fourth-order valence-corrected chi connectivity index (χ4v) is 4.74. The Balaban J connectivity index is -0.000000630. The first-order valence-corrected chi connectivity index (χ1v) is 18.1. The zero-order chi connectivity index (χ0) is 33.1. The topological polar surface area (TPSA) is 168 Å². The molecular weight excluding hydrogens is 581 g/mol. The molecule has 2 atom stereocenters. The van der Waals surface area contributed by atoms with Crippen LogP contribution in [-0.2, 0) is 23.9 Å². The summed E-state index contributed by atoms with van der Waals surface area (Å²) in [5.74, 6) is -1.61. The van der Waals surface area contributed by atoms with Crippen LogP contribution >= 0.6 is 0 Å². The molecule has 0 aromatic heterocycles. The maximum atomic E-state index is 12.0. The second-order valence-electron chi connectivity index (χ2n) is 12.1. The molecular formula is C35H72N3NaO6. The molecule has 0 unspecified atom stereocenters. The summed E-state index contributed by atoms with van der Waals surface area (Å²) in [5.41, 5.74) is 16.3. The van der Waals surface area contributed by atoms with Crippen LogP contribution in [0.25, 0.3) is 0 Å². The van der Waals surface area contributed by atoms with E-state index in [0.717, 1.165) is 38.5 Å². The first kappa shape index (κ1) is 48.7. The van der Waals surface area contributed by atoms with Gasteiger partial charge in [0.15, 0.2) is 0 Å². The molecule has 0 spiro atoms. The molecule has 0 aliphatic carbocycles. The van der Waals surface area contributed by atoms with E-state index in [-0.39, 0.29) is 49.8 Å². The zero-order valence-corrected chi connectivity index (χ0v) is 31.7. The van der Waals surface area contributed by atoms with Crippen molar-refractivity contribution in [1.82, 2.24) is 0 Å². The smallest absolute Gasteiger partial charge is 1.00 e. The number of carbonyl (C=O) groups excluding carboxylic acids is 2. The Morgan fingerprint density at radius 3 is 1.38 bits per heavy atom. The molecule has 264 valence electrons. The van der Waals surface area contributed by atoms with Gasteiger partial charge in [-0.3, -0.25) is 14.4 Å². The first-order valence-electron chi connectivity index (χ1n) is 18.1. The summed E-state index contributed by atoms with van der Waals surface area (Å²) in [4.78, 5) is 34.0. The van der Waals surface area contributed by atoms with Crippen LogP contribution in [0.2, 0.25) is 0 Å². The summed E-state index contributed by atoms with van der Waals surface area (Å²) in [7, 11) is 0. The Hall–Kier alpha value is -0.710. The predicted octanol–water partition coefficient (Wildman–Crippen LogP) is 4.67. The Morgan fingerprint density at radius 2 is 0.978 bits per heavy atom. The van der Waals surface area contributed by atoms with Crippen molar-refractivity contribution in [2.24, 2.45) is 17.2 Å². The van der Waals surface area contributed by atoms with Crippen molar-refractivity contribution in [3.8, 4) is 0 Å². The zero-order valence-electron chi connectivity index (χ0n) is 30.7. The molecule has 0 heterocycles. The number of hydrogen-bond acceptors (Lipinski definition) is 8. The van der Waals surface area contributed by atoms with Crippen molar-refractivity contribution < 1.29 is 59.9 Å². The number of unbranched alkanes of at least 4 members (excludes halogenated alkanes) is 19. The SMILES string of the molecule is CCCCCCCCCCCCOC(=O)CC[C@H](N)C(=O)OCCCCCCCCCCCC.NCCCC[C@H](N)C(=O)O.[H-].[Na+]. The molecule has 0 rings (SSSR count). The molecule has 9 nitrogen and oxygen atoms in total. The number of carbonyl (C=O) groups is 3. The molecule has 0 aliphatic heterocycles. The summed E-state index contributed by atoms with van der Waals surface area (Å²) in [6, 6.07) is -1.46. The molecule has 10 heteroatoms. The number of carboxylic acid groups (broad SMARTS) is 1. The van der Waals surface area contributed by atoms with Gasteiger partial charge in [0.1, 0.15) is 12.1 Å². The van der Waals surface area contributed by atoms with E-state index in [1.165, 1.54) is 103 Å². The summed E-state index contributed by atoms with van der Waals surface area (Å²) in [5, 5.41) is 8.33. The van der Waals surface area contributed by atoms with Crippen molar-refractivity contribution in [1.29, 1.82) is 0 Å². The van der Waals surface area contributed by atoms with Crippen molar-refractivity contribution in [3.05, 3.63) is 0 Å². The minimum atomic E-state index is -0.933. The Labute approximate surface area is 300 Å². The van der Waals surface area contributed by atoms with E-state index < -0.39 is 24.0 Å². The largest absolute Gasteiger partial charge is 1.00 e.